The lowest BCUT2D eigenvalue weighted by atomic mass is 10.2. The molecule has 0 unspecified atom stereocenters. The van der Waals surface area contributed by atoms with Crippen LogP contribution in [0.5, 0.6) is 0 Å². The van der Waals surface area contributed by atoms with E-state index in [9.17, 15) is 4.39 Å². The summed E-state index contributed by atoms with van der Waals surface area (Å²) in [5, 5.41) is 5.72. The van der Waals surface area contributed by atoms with Gasteiger partial charge in [0.2, 0.25) is 0 Å². The smallest absolute Gasteiger partial charge is 0.146 e. The van der Waals surface area contributed by atoms with Crippen molar-refractivity contribution in [2.45, 2.75) is 13.1 Å². The maximum atomic E-state index is 13.9. The standard InChI is InChI=1S/C14H14FNSi/c1-17(2)12-8-4-3-7-11(12)16-14-10(15)6-5-9-13(14)17/h3-9,16H,1-2H3. The zero-order valence-corrected chi connectivity index (χ0v) is 10.9. The van der Waals surface area contributed by atoms with Crippen LogP contribution in [0.15, 0.2) is 42.5 Å². The van der Waals surface area contributed by atoms with Crippen LogP contribution < -0.4 is 15.7 Å². The van der Waals surface area contributed by atoms with Crippen molar-refractivity contribution in [1.29, 1.82) is 0 Å². The molecular weight excluding hydrogens is 229 g/mol. The minimum absolute atomic E-state index is 0.155. The Morgan fingerprint density at radius 1 is 0.941 bits per heavy atom. The summed E-state index contributed by atoms with van der Waals surface area (Å²) < 4.78 is 13.9. The SMILES string of the molecule is C[Si]1(C)c2ccccc2Nc2c(F)cccc21. The zero-order valence-electron chi connectivity index (χ0n) is 9.92. The number of fused-ring (bicyclic) bond motifs is 2. The molecule has 1 aliphatic heterocycles. The molecule has 0 saturated carbocycles. The monoisotopic (exact) mass is 243 g/mol. The summed E-state index contributed by atoms with van der Waals surface area (Å²) >= 11 is 0. The Hall–Kier alpha value is -1.61. The van der Waals surface area contributed by atoms with Crippen LogP contribution in [0.1, 0.15) is 0 Å². The van der Waals surface area contributed by atoms with Gasteiger partial charge in [-0.05, 0) is 22.5 Å². The van der Waals surface area contributed by atoms with Crippen molar-refractivity contribution in [3.8, 4) is 0 Å². The summed E-state index contributed by atoms with van der Waals surface area (Å²) in [6.07, 6.45) is 0. The summed E-state index contributed by atoms with van der Waals surface area (Å²) in [4.78, 5) is 0. The molecule has 0 aliphatic carbocycles. The fourth-order valence-electron chi connectivity index (χ4n) is 2.59. The van der Waals surface area contributed by atoms with Crippen LogP contribution in [0, 0.1) is 5.82 Å². The van der Waals surface area contributed by atoms with E-state index in [0.717, 1.165) is 10.9 Å². The highest BCUT2D eigenvalue weighted by Gasteiger charge is 2.35. The van der Waals surface area contributed by atoms with Crippen molar-refractivity contribution < 1.29 is 4.39 Å². The molecule has 1 nitrogen and oxygen atoms in total. The molecule has 1 N–H and O–H groups in total. The third kappa shape index (κ3) is 1.42. The second-order valence-corrected chi connectivity index (χ2v) is 9.29. The summed E-state index contributed by atoms with van der Waals surface area (Å²) in [6, 6.07) is 13.6. The van der Waals surface area contributed by atoms with Gasteiger partial charge in [0.05, 0.1) is 5.69 Å². The van der Waals surface area contributed by atoms with E-state index in [4.69, 9.17) is 0 Å². The van der Waals surface area contributed by atoms with Gasteiger partial charge in [0.1, 0.15) is 13.9 Å². The summed E-state index contributed by atoms with van der Waals surface area (Å²) in [5.41, 5.74) is 1.73. The van der Waals surface area contributed by atoms with Crippen LogP contribution in [0.4, 0.5) is 15.8 Å². The molecule has 0 saturated heterocycles. The average molecular weight is 243 g/mol. The number of benzene rings is 2. The predicted molar refractivity (Wildman–Crippen MR) is 72.9 cm³/mol. The number of rotatable bonds is 0. The first-order valence-electron chi connectivity index (χ1n) is 5.76. The molecule has 0 aromatic heterocycles. The van der Waals surface area contributed by atoms with Crippen LogP contribution in [0.25, 0.3) is 0 Å². The van der Waals surface area contributed by atoms with Crippen LogP contribution >= 0.6 is 0 Å². The van der Waals surface area contributed by atoms with Gasteiger partial charge in [-0.2, -0.15) is 0 Å². The highest BCUT2D eigenvalue weighted by atomic mass is 28.3. The van der Waals surface area contributed by atoms with E-state index in [1.54, 1.807) is 6.07 Å². The van der Waals surface area contributed by atoms with Crippen LogP contribution in [0.3, 0.4) is 0 Å². The molecular formula is C14H14FNSi. The van der Waals surface area contributed by atoms with Gasteiger partial charge in [-0.25, -0.2) is 4.39 Å². The number of halogens is 1. The average Bonchev–Trinajstić information content (AvgIpc) is 2.31. The molecule has 2 aromatic rings. The van der Waals surface area contributed by atoms with Crippen molar-refractivity contribution >= 4 is 29.8 Å². The maximum absolute atomic E-state index is 13.9. The number of para-hydroxylation sites is 2. The molecule has 0 radical (unpaired) electrons. The molecule has 3 rings (SSSR count). The largest absolute Gasteiger partial charge is 0.353 e. The number of hydrogen-bond acceptors (Lipinski definition) is 1. The maximum Gasteiger partial charge on any atom is 0.146 e. The van der Waals surface area contributed by atoms with Crippen molar-refractivity contribution in [3.05, 3.63) is 48.3 Å². The topological polar surface area (TPSA) is 12.0 Å². The Bertz CT molecular complexity index is 593. The summed E-state index contributed by atoms with van der Waals surface area (Å²) in [6.45, 7) is 4.54. The molecule has 3 heteroatoms. The van der Waals surface area contributed by atoms with Crippen LogP contribution in [-0.2, 0) is 0 Å². The fraction of sp³-hybridized carbons (Fsp3) is 0.143. The van der Waals surface area contributed by atoms with E-state index in [-0.39, 0.29) is 5.82 Å². The molecule has 86 valence electrons. The Morgan fingerprint density at radius 2 is 1.65 bits per heavy atom. The minimum Gasteiger partial charge on any atom is -0.353 e. The van der Waals surface area contributed by atoms with E-state index < -0.39 is 8.07 Å². The Morgan fingerprint density at radius 3 is 2.47 bits per heavy atom. The number of hydrogen-bond donors (Lipinski definition) is 1. The second kappa shape index (κ2) is 3.44. The first-order chi connectivity index (χ1) is 8.10. The van der Waals surface area contributed by atoms with E-state index in [1.165, 1.54) is 11.3 Å². The van der Waals surface area contributed by atoms with Crippen molar-refractivity contribution in [2.75, 3.05) is 5.32 Å². The minimum atomic E-state index is -1.77. The lowest BCUT2D eigenvalue weighted by molar-refractivity contribution is 0.632. The van der Waals surface area contributed by atoms with Gasteiger partial charge in [-0.15, -0.1) is 0 Å². The third-order valence-electron chi connectivity index (χ3n) is 3.55. The molecule has 0 fully saturated rings. The molecule has 0 amide bonds. The molecule has 0 bridgehead atoms. The number of nitrogens with one attached hydrogen (secondary N) is 1. The molecule has 17 heavy (non-hydrogen) atoms. The Balaban J connectivity index is 2.31. The van der Waals surface area contributed by atoms with Gasteiger partial charge in [0.15, 0.2) is 0 Å². The fourth-order valence-corrected chi connectivity index (χ4v) is 5.53. The van der Waals surface area contributed by atoms with E-state index in [0.29, 0.717) is 5.69 Å². The second-order valence-electron chi connectivity index (χ2n) is 4.96. The highest BCUT2D eigenvalue weighted by Crippen LogP contribution is 2.26. The molecule has 1 aliphatic rings. The van der Waals surface area contributed by atoms with E-state index in [2.05, 4.69) is 30.5 Å². The van der Waals surface area contributed by atoms with E-state index >= 15 is 0 Å². The van der Waals surface area contributed by atoms with Gasteiger partial charge in [0, 0.05) is 5.69 Å². The summed E-state index contributed by atoms with van der Waals surface area (Å²) in [7, 11) is -1.77. The first-order valence-corrected chi connectivity index (χ1v) is 8.76. The third-order valence-corrected chi connectivity index (χ3v) is 7.09. The van der Waals surface area contributed by atoms with Crippen molar-refractivity contribution in [2.24, 2.45) is 0 Å². The highest BCUT2D eigenvalue weighted by molar-refractivity contribution is 7.02. The molecule has 0 atom stereocenters. The van der Waals surface area contributed by atoms with E-state index in [1.807, 2.05) is 18.2 Å². The lowest BCUT2D eigenvalue weighted by Gasteiger charge is -2.34. The Labute approximate surface area is 101 Å². The zero-order chi connectivity index (χ0) is 12.0. The van der Waals surface area contributed by atoms with Gasteiger partial charge in [0.25, 0.3) is 0 Å². The Kier molecular flexibility index (Phi) is 2.13. The predicted octanol–water partition coefficient (Wildman–Crippen LogP) is 2.71. The van der Waals surface area contributed by atoms with Gasteiger partial charge < -0.3 is 5.32 Å². The summed E-state index contributed by atoms with van der Waals surface area (Å²) in [5.74, 6) is -0.155. The van der Waals surface area contributed by atoms with Crippen molar-refractivity contribution in [3.63, 3.8) is 0 Å². The quantitative estimate of drug-likeness (QED) is 0.702. The van der Waals surface area contributed by atoms with Crippen LogP contribution in [-0.4, -0.2) is 8.07 Å². The van der Waals surface area contributed by atoms with Crippen LogP contribution in [0.2, 0.25) is 13.1 Å². The van der Waals surface area contributed by atoms with Gasteiger partial charge in [-0.1, -0.05) is 43.4 Å². The normalized spacial score (nSPS) is 15.7. The number of anilines is 2. The molecule has 0 spiro atoms. The molecule has 2 aromatic carbocycles. The first kappa shape index (κ1) is 10.5. The van der Waals surface area contributed by atoms with Gasteiger partial charge >= 0.3 is 0 Å². The lowest BCUT2D eigenvalue weighted by Crippen LogP contribution is -2.57. The molecule has 1 heterocycles. The van der Waals surface area contributed by atoms with Crippen molar-refractivity contribution in [1.82, 2.24) is 0 Å². The van der Waals surface area contributed by atoms with Gasteiger partial charge in [-0.3, -0.25) is 0 Å².